The van der Waals surface area contributed by atoms with E-state index in [9.17, 15) is 4.79 Å². The molecular weight excluding hydrogens is 302 g/mol. The van der Waals surface area contributed by atoms with Gasteiger partial charge in [-0.15, -0.1) is 0 Å². The summed E-state index contributed by atoms with van der Waals surface area (Å²) in [7, 11) is 1.96. The quantitative estimate of drug-likeness (QED) is 0.727. The molecule has 24 heavy (non-hydrogen) atoms. The normalized spacial score (nSPS) is 15.5. The lowest BCUT2D eigenvalue weighted by atomic mass is 9.77. The molecule has 0 radical (unpaired) electrons. The highest BCUT2D eigenvalue weighted by Crippen LogP contribution is 2.30. The fraction of sp³-hybridized carbons (Fsp3) is 0.444. The van der Waals surface area contributed by atoms with E-state index in [2.05, 4.69) is 27.1 Å². The van der Waals surface area contributed by atoms with Crippen LogP contribution in [0.15, 0.2) is 42.7 Å². The minimum Gasteiger partial charge on any atom is -0.336 e. The summed E-state index contributed by atoms with van der Waals surface area (Å²) in [5, 5.41) is 13.5. The predicted octanol–water partition coefficient (Wildman–Crippen LogP) is 1.87. The van der Waals surface area contributed by atoms with E-state index in [1.165, 1.54) is 6.42 Å². The molecule has 1 aromatic carbocycles. The molecule has 1 aliphatic rings. The van der Waals surface area contributed by atoms with E-state index in [4.69, 9.17) is 0 Å². The summed E-state index contributed by atoms with van der Waals surface area (Å²) < 4.78 is 1.88. The van der Waals surface area contributed by atoms with Crippen LogP contribution in [-0.4, -0.2) is 34.9 Å². The van der Waals surface area contributed by atoms with Crippen LogP contribution in [0.4, 0.5) is 4.79 Å². The summed E-state index contributed by atoms with van der Waals surface area (Å²) in [6.45, 7) is 1.88. The van der Waals surface area contributed by atoms with Gasteiger partial charge in [0.2, 0.25) is 0 Å². The minimum atomic E-state index is -0.120. The van der Waals surface area contributed by atoms with Crippen molar-refractivity contribution in [2.24, 2.45) is 0 Å². The molecule has 2 aromatic rings. The van der Waals surface area contributed by atoms with Gasteiger partial charge in [0, 0.05) is 31.0 Å². The van der Waals surface area contributed by atoms with E-state index in [0.29, 0.717) is 19.6 Å². The number of amides is 2. The summed E-state index contributed by atoms with van der Waals surface area (Å²) in [6.07, 6.45) is 7.18. The molecule has 1 heterocycles. The highest BCUT2D eigenvalue weighted by molar-refractivity contribution is 5.74. The van der Waals surface area contributed by atoms with Crippen LogP contribution in [0, 0.1) is 0 Å². The Labute approximate surface area is 142 Å². The van der Waals surface area contributed by atoms with Gasteiger partial charge in [0.15, 0.2) is 0 Å². The first-order chi connectivity index (χ1) is 11.7. The first-order valence-electron chi connectivity index (χ1n) is 8.46. The minimum absolute atomic E-state index is 0.0926. The molecule has 1 aromatic heterocycles. The lowest BCUT2D eigenvalue weighted by Gasteiger charge is -2.41. The SMILES string of the molecule is CNC1(CNC(=O)NCc2ccccc2Cn2cccn2)CCC1. The van der Waals surface area contributed by atoms with Gasteiger partial charge in [-0.3, -0.25) is 4.68 Å². The number of carbonyl (C=O) groups excluding carboxylic acids is 1. The van der Waals surface area contributed by atoms with Gasteiger partial charge in [-0.1, -0.05) is 24.3 Å². The molecule has 0 spiro atoms. The number of nitrogens with zero attached hydrogens (tertiary/aromatic N) is 2. The van der Waals surface area contributed by atoms with Gasteiger partial charge in [-0.25, -0.2) is 4.79 Å². The van der Waals surface area contributed by atoms with Crippen molar-refractivity contribution in [3.8, 4) is 0 Å². The van der Waals surface area contributed by atoms with Gasteiger partial charge < -0.3 is 16.0 Å². The smallest absolute Gasteiger partial charge is 0.315 e. The molecule has 0 unspecified atom stereocenters. The molecule has 3 rings (SSSR count). The summed E-state index contributed by atoms with van der Waals surface area (Å²) in [5.74, 6) is 0. The topological polar surface area (TPSA) is 71.0 Å². The Morgan fingerprint density at radius 3 is 2.62 bits per heavy atom. The van der Waals surface area contributed by atoms with Crippen LogP contribution in [0.5, 0.6) is 0 Å². The van der Waals surface area contributed by atoms with Crippen LogP contribution in [0.1, 0.15) is 30.4 Å². The number of benzene rings is 1. The van der Waals surface area contributed by atoms with Crippen LogP contribution in [-0.2, 0) is 13.1 Å². The molecule has 0 atom stereocenters. The molecule has 6 heteroatoms. The standard InChI is InChI=1S/C18H25N5O/c1-19-18(8-4-9-18)14-21-17(24)20-12-15-6-2-3-7-16(15)13-23-11-5-10-22-23/h2-3,5-7,10-11,19H,4,8-9,12-14H2,1H3,(H2,20,21,24). The largest absolute Gasteiger partial charge is 0.336 e. The number of hydrogen-bond acceptors (Lipinski definition) is 3. The van der Waals surface area contributed by atoms with Gasteiger partial charge in [-0.05, 0) is 43.5 Å². The second-order valence-electron chi connectivity index (χ2n) is 6.39. The third-order valence-electron chi connectivity index (χ3n) is 4.88. The van der Waals surface area contributed by atoms with E-state index >= 15 is 0 Å². The maximum atomic E-state index is 12.1. The Bertz CT molecular complexity index is 658. The van der Waals surface area contributed by atoms with E-state index < -0.39 is 0 Å². The number of urea groups is 1. The molecule has 128 valence electrons. The third-order valence-corrected chi connectivity index (χ3v) is 4.88. The highest BCUT2D eigenvalue weighted by atomic mass is 16.2. The predicted molar refractivity (Wildman–Crippen MR) is 93.7 cm³/mol. The maximum Gasteiger partial charge on any atom is 0.315 e. The number of likely N-dealkylation sites (N-methyl/N-ethyl adjacent to an activating group) is 1. The Balaban J connectivity index is 1.51. The Morgan fingerprint density at radius 2 is 2.00 bits per heavy atom. The van der Waals surface area contributed by atoms with Crippen molar-refractivity contribution < 1.29 is 4.79 Å². The molecule has 0 aliphatic heterocycles. The molecule has 6 nitrogen and oxygen atoms in total. The van der Waals surface area contributed by atoms with E-state index in [1.54, 1.807) is 6.20 Å². The van der Waals surface area contributed by atoms with Crippen molar-refractivity contribution in [1.82, 2.24) is 25.7 Å². The molecule has 1 fully saturated rings. The monoisotopic (exact) mass is 327 g/mol. The summed E-state index contributed by atoms with van der Waals surface area (Å²) in [6, 6.07) is 9.90. The Morgan fingerprint density at radius 1 is 1.21 bits per heavy atom. The van der Waals surface area contributed by atoms with Gasteiger partial charge >= 0.3 is 6.03 Å². The molecular formula is C18H25N5O. The number of aromatic nitrogens is 2. The zero-order valence-corrected chi connectivity index (χ0v) is 14.1. The third kappa shape index (κ3) is 3.94. The van der Waals surface area contributed by atoms with Crippen molar-refractivity contribution in [3.63, 3.8) is 0 Å². The lowest BCUT2D eigenvalue weighted by Crippen LogP contribution is -2.57. The van der Waals surface area contributed by atoms with Crippen LogP contribution < -0.4 is 16.0 Å². The van der Waals surface area contributed by atoms with Crippen LogP contribution in [0.3, 0.4) is 0 Å². The molecule has 1 aliphatic carbocycles. The van der Waals surface area contributed by atoms with E-state index in [0.717, 1.165) is 24.0 Å². The molecule has 2 amide bonds. The van der Waals surface area contributed by atoms with Crippen LogP contribution in [0.25, 0.3) is 0 Å². The summed E-state index contributed by atoms with van der Waals surface area (Å²) in [4.78, 5) is 12.1. The number of nitrogens with one attached hydrogen (secondary N) is 3. The highest BCUT2D eigenvalue weighted by Gasteiger charge is 2.35. The fourth-order valence-corrected chi connectivity index (χ4v) is 3.06. The Kier molecular flexibility index (Phi) is 5.15. The van der Waals surface area contributed by atoms with E-state index in [-0.39, 0.29) is 11.6 Å². The second kappa shape index (κ2) is 7.49. The average molecular weight is 327 g/mol. The van der Waals surface area contributed by atoms with Gasteiger partial charge in [0.05, 0.1) is 6.54 Å². The average Bonchev–Trinajstić information content (AvgIpc) is 3.06. The molecule has 1 saturated carbocycles. The fourth-order valence-electron chi connectivity index (χ4n) is 3.06. The van der Waals surface area contributed by atoms with Crippen molar-refractivity contribution in [2.75, 3.05) is 13.6 Å². The lowest BCUT2D eigenvalue weighted by molar-refractivity contribution is 0.188. The summed E-state index contributed by atoms with van der Waals surface area (Å²) >= 11 is 0. The number of carbonyl (C=O) groups is 1. The molecule has 0 saturated heterocycles. The van der Waals surface area contributed by atoms with Crippen LogP contribution >= 0.6 is 0 Å². The van der Waals surface area contributed by atoms with Crippen molar-refractivity contribution >= 4 is 6.03 Å². The van der Waals surface area contributed by atoms with Crippen molar-refractivity contribution in [2.45, 2.75) is 37.9 Å². The number of rotatable bonds is 7. The molecule has 3 N–H and O–H groups in total. The second-order valence-corrected chi connectivity index (χ2v) is 6.39. The van der Waals surface area contributed by atoms with E-state index in [1.807, 2.05) is 42.2 Å². The first-order valence-corrected chi connectivity index (χ1v) is 8.46. The molecule has 0 bridgehead atoms. The zero-order valence-electron chi connectivity index (χ0n) is 14.1. The van der Waals surface area contributed by atoms with Gasteiger partial charge in [-0.2, -0.15) is 5.10 Å². The summed E-state index contributed by atoms with van der Waals surface area (Å²) in [5.41, 5.74) is 2.36. The van der Waals surface area contributed by atoms with Crippen LogP contribution in [0.2, 0.25) is 0 Å². The number of hydrogen-bond donors (Lipinski definition) is 3. The first kappa shape index (κ1) is 16.5. The van der Waals surface area contributed by atoms with Gasteiger partial charge in [0.1, 0.15) is 0 Å². The zero-order chi connectivity index (χ0) is 16.8. The maximum absolute atomic E-state index is 12.1. The van der Waals surface area contributed by atoms with Crippen molar-refractivity contribution in [3.05, 3.63) is 53.9 Å². The van der Waals surface area contributed by atoms with Crippen molar-refractivity contribution in [1.29, 1.82) is 0 Å². The Hall–Kier alpha value is -2.34. The van der Waals surface area contributed by atoms with Gasteiger partial charge in [0.25, 0.3) is 0 Å².